The topological polar surface area (TPSA) is 57.4 Å². The lowest BCUT2D eigenvalue weighted by atomic mass is 9.93. The summed E-state index contributed by atoms with van der Waals surface area (Å²) >= 11 is 0. The molecule has 5 nitrogen and oxygen atoms in total. The van der Waals surface area contributed by atoms with Crippen LogP contribution in [0.5, 0.6) is 5.75 Å². The maximum absolute atomic E-state index is 5.81. The predicted molar refractivity (Wildman–Crippen MR) is 80.9 cm³/mol. The second-order valence-corrected chi connectivity index (χ2v) is 6.35. The molecule has 0 radical (unpaired) electrons. The van der Waals surface area contributed by atoms with Crippen molar-refractivity contribution in [3.63, 3.8) is 0 Å². The third kappa shape index (κ3) is 2.29. The zero-order valence-corrected chi connectivity index (χ0v) is 12.9. The zero-order chi connectivity index (χ0) is 15.1. The van der Waals surface area contributed by atoms with E-state index >= 15 is 0 Å². The molecule has 116 valence electrons. The van der Waals surface area contributed by atoms with E-state index in [1.165, 1.54) is 5.56 Å². The third-order valence-electron chi connectivity index (χ3n) is 4.50. The summed E-state index contributed by atoms with van der Waals surface area (Å²) in [5.41, 5.74) is 2.20. The van der Waals surface area contributed by atoms with Crippen molar-refractivity contribution in [3.8, 4) is 17.1 Å². The van der Waals surface area contributed by atoms with Crippen LogP contribution >= 0.6 is 0 Å². The molecule has 1 aromatic heterocycles. The summed E-state index contributed by atoms with van der Waals surface area (Å²) in [7, 11) is 0. The molecule has 0 spiro atoms. The van der Waals surface area contributed by atoms with E-state index in [-0.39, 0.29) is 12.0 Å². The van der Waals surface area contributed by atoms with Crippen molar-refractivity contribution in [1.29, 1.82) is 0 Å². The molecule has 1 aromatic carbocycles. The summed E-state index contributed by atoms with van der Waals surface area (Å²) in [5.74, 6) is 2.97. The van der Waals surface area contributed by atoms with E-state index in [2.05, 4.69) is 30.1 Å². The van der Waals surface area contributed by atoms with Gasteiger partial charge in [0.05, 0.1) is 18.6 Å². The van der Waals surface area contributed by atoms with Crippen LogP contribution in [0.15, 0.2) is 22.7 Å². The smallest absolute Gasteiger partial charge is 0.232 e. The first-order valence-corrected chi connectivity index (χ1v) is 7.93. The van der Waals surface area contributed by atoms with Crippen molar-refractivity contribution in [1.82, 2.24) is 10.1 Å². The molecule has 1 saturated heterocycles. The number of nitrogens with zero attached hydrogens (tertiary/aromatic N) is 2. The highest BCUT2D eigenvalue weighted by atomic mass is 16.5. The van der Waals surface area contributed by atoms with Crippen molar-refractivity contribution in [2.75, 3.05) is 13.2 Å². The molecule has 0 amide bonds. The molecule has 2 aliphatic rings. The minimum absolute atomic E-state index is 0.168. The van der Waals surface area contributed by atoms with E-state index in [0.29, 0.717) is 17.6 Å². The lowest BCUT2D eigenvalue weighted by Gasteiger charge is -2.18. The van der Waals surface area contributed by atoms with Gasteiger partial charge in [-0.2, -0.15) is 4.98 Å². The standard InChI is InChI=1S/C17H20N2O3/c1-10(2)15-13(6-8-21-15)17-18-16(19-22-17)12-3-4-14-11(9-12)5-7-20-14/h3-4,9-10,13,15H,5-8H2,1-2H3/t13-,15+/m0/s1. The largest absolute Gasteiger partial charge is 0.493 e. The quantitative estimate of drug-likeness (QED) is 0.871. The van der Waals surface area contributed by atoms with Crippen molar-refractivity contribution in [2.45, 2.75) is 38.7 Å². The number of hydrogen-bond donors (Lipinski definition) is 0. The van der Waals surface area contributed by atoms with Crippen LogP contribution in [0.2, 0.25) is 0 Å². The molecule has 3 heterocycles. The van der Waals surface area contributed by atoms with Gasteiger partial charge in [0.15, 0.2) is 0 Å². The van der Waals surface area contributed by atoms with Crippen molar-refractivity contribution >= 4 is 0 Å². The van der Waals surface area contributed by atoms with Crippen LogP contribution in [0.1, 0.15) is 37.6 Å². The van der Waals surface area contributed by atoms with Gasteiger partial charge in [-0.15, -0.1) is 0 Å². The molecule has 0 unspecified atom stereocenters. The highest BCUT2D eigenvalue weighted by Crippen LogP contribution is 2.36. The van der Waals surface area contributed by atoms with Crippen molar-refractivity contribution in [3.05, 3.63) is 29.7 Å². The summed E-state index contributed by atoms with van der Waals surface area (Å²) in [6, 6.07) is 6.08. The van der Waals surface area contributed by atoms with Crippen LogP contribution in [-0.4, -0.2) is 29.5 Å². The molecular weight excluding hydrogens is 280 g/mol. The van der Waals surface area contributed by atoms with Gasteiger partial charge >= 0.3 is 0 Å². The molecule has 0 aliphatic carbocycles. The minimum Gasteiger partial charge on any atom is -0.493 e. The summed E-state index contributed by atoms with van der Waals surface area (Å²) in [4.78, 5) is 4.62. The van der Waals surface area contributed by atoms with Gasteiger partial charge in [-0.05, 0) is 36.1 Å². The summed E-state index contributed by atoms with van der Waals surface area (Å²) in [6.07, 6.45) is 2.06. The van der Waals surface area contributed by atoms with Gasteiger partial charge in [0.25, 0.3) is 0 Å². The molecule has 4 rings (SSSR count). The van der Waals surface area contributed by atoms with Gasteiger partial charge in [-0.3, -0.25) is 0 Å². The number of benzene rings is 1. The first-order chi connectivity index (χ1) is 10.7. The molecule has 2 atom stereocenters. The zero-order valence-electron chi connectivity index (χ0n) is 12.9. The highest BCUT2D eigenvalue weighted by molar-refractivity contribution is 5.59. The molecule has 2 aromatic rings. The van der Waals surface area contributed by atoms with Gasteiger partial charge in [0, 0.05) is 18.6 Å². The Kier molecular flexibility index (Phi) is 3.37. The normalized spacial score (nSPS) is 23.8. The Hall–Kier alpha value is -1.88. The number of ether oxygens (including phenoxy) is 2. The number of aromatic nitrogens is 2. The molecule has 0 saturated carbocycles. The van der Waals surface area contributed by atoms with Crippen LogP contribution in [-0.2, 0) is 11.2 Å². The fraction of sp³-hybridized carbons (Fsp3) is 0.529. The highest BCUT2D eigenvalue weighted by Gasteiger charge is 2.36. The molecular formula is C17H20N2O3. The molecule has 2 aliphatic heterocycles. The Morgan fingerprint density at radius 2 is 2.14 bits per heavy atom. The van der Waals surface area contributed by atoms with Crippen molar-refractivity contribution < 1.29 is 14.0 Å². The summed E-state index contributed by atoms with van der Waals surface area (Å²) in [5, 5.41) is 4.17. The lowest BCUT2D eigenvalue weighted by molar-refractivity contribution is 0.0627. The Labute approximate surface area is 129 Å². The van der Waals surface area contributed by atoms with Crippen LogP contribution in [0.3, 0.4) is 0 Å². The average Bonchev–Trinajstić information content (AvgIpc) is 3.25. The Bertz CT molecular complexity index is 680. The van der Waals surface area contributed by atoms with E-state index < -0.39 is 0 Å². The molecule has 0 N–H and O–H groups in total. The van der Waals surface area contributed by atoms with Gasteiger partial charge < -0.3 is 14.0 Å². The van der Waals surface area contributed by atoms with Gasteiger partial charge in [-0.25, -0.2) is 0 Å². The summed E-state index contributed by atoms with van der Waals surface area (Å²) < 4.78 is 16.9. The minimum atomic E-state index is 0.168. The fourth-order valence-electron chi connectivity index (χ4n) is 3.36. The van der Waals surface area contributed by atoms with E-state index in [1.807, 2.05) is 12.1 Å². The van der Waals surface area contributed by atoms with E-state index in [4.69, 9.17) is 14.0 Å². The van der Waals surface area contributed by atoms with Crippen LogP contribution in [0.25, 0.3) is 11.4 Å². The van der Waals surface area contributed by atoms with Gasteiger partial charge in [-0.1, -0.05) is 19.0 Å². The van der Waals surface area contributed by atoms with Gasteiger partial charge in [0.1, 0.15) is 5.75 Å². The molecule has 1 fully saturated rings. The monoisotopic (exact) mass is 300 g/mol. The van der Waals surface area contributed by atoms with E-state index in [9.17, 15) is 0 Å². The second kappa shape index (κ2) is 5.39. The Morgan fingerprint density at radius 1 is 1.23 bits per heavy atom. The number of hydrogen-bond acceptors (Lipinski definition) is 5. The first kappa shape index (κ1) is 13.8. The maximum atomic E-state index is 5.81. The van der Waals surface area contributed by atoms with Crippen LogP contribution < -0.4 is 4.74 Å². The Balaban J connectivity index is 1.61. The first-order valence-electron chi connectivity index (χ1n) is 7.93. The average molecular weight is 300 g/mol. The second-order valence-electron chi connectivity index (χ2n) is 6.35. The number of rotatable bonds is 3. The SMILES string of the molecule is CC(C)[C@H]1OCC[C@@H]1c1nc(-c2ccc3c(c2)CCO3)no1. The van der Waals surface area contributed by atoms with E-state index in [0.717, 1.165) is 37.4 Å². The van der Waals surface area contributed by atoms with E-state index in [1.54, 1.807) is 0 Å². The lowest BCUT2D eigenvalue weighted by Crippen LogP contribution is -2.21. The molecule has 0 bridgehead atoms. The summed E-state index contributed by atoms with van der Waals surface area (Å²) in [6.45, 7) is 5.86. The number of fused-ring (bicyclic) bond motifs is 1. The third-order valence-corrected chi connectivity index (χ3v) is 4.50. The molecule has 5 heteroatoms. The Morgan fingerprint density at radius 3 is 3.00 bits per heavy atom. The van der Waals surface area contributed by atoms with Crippen LogP contribution in [0.4, 0.5) is 0 Å². The van der Waals surface area contributed by atoms with Gasteiger partial charge in [0.2, 0.25) is 11.7 Å². The predicted octanol–water partition coefficient (Wildman–Crippen LogP) is 3.20. The maximum Gasteiger partial charge on any atom is 0.232 e. The fourth-order valence-corrected chi connectivity index (χ4v) is 3.36. The molecule has 22 heavy (non-hydrogen) atoms. The van der Waals surface area contributed by atoms with Crippen molar-refractivity contribution in [2.24, 2.45) is 5.92 Å². The van der Waals surface area contributed by atoms with Crippen LogP contribution in [0, 0.1) is 5.92 Å².